The monoisotopic (exact) mass is 686 g/mol. The van der Waals surface area contributed by atoms with E-state index in [1.165, 1.54) is 135 Å². The van der Waals surface area contributed by atoms with Crippen molar-refractivity contribution in [3.63, 3.8) is 0 Å². The van der Waals surface area contributed by atoms with Crippen LogP contribution in [0.25, 0.3) is 0 Å². The largest absolute Gasteiger partial charge is 0.394 e. The molecule has 48 heavy (non-hydrogen) atoms. The molecule has 0 aromatic heterocycles. The lowest BCUT2D eigenvalue weighted by Crippen LogP contribution is -2.60. The van der Waals surface area contributed by atoms with Gasteiger partial charge in [0.2, 0.25) is 5.91 Å². The summed E-state index contributed by atoms with van der Waals surface area (Å²) < 4.78 is 10.9. The van der Waals surface area contributed by atoms with E-state index in [0.29, 0.717) is 0 Å². The molecule has 0 radical (unpaired) electrons. The third-order valence-corrected chi connectivity index (χ3v) is 9.68. The van der Waals surface area contributed by atoms with E-state index >= 15 is 0 Å². The number of carbonyl (C=O) groups is 1. The molecule has 1 heterocycles. The van der Waals surface area contributed by atoms with Crippen LogP contribution in [0.1, 0.15) is 174 Å². The van der Waals surface area contributed by atoms with E-state index in [1.54, 1.807) is 13.0 Å². The summed E-state index contributed by atoms with van der Waals surface area (Å²) in [4.78, 5) is 12.0. The van der Waals surface area contributed by atoms with Crippen molar-refractivity contribution in [2.45, 2.75) is 217 Å². The normalized spacial score (nSPS) is 22.7. The fourth-order valence-corrected chi connectivity index (χ4v) is 6.36. The molecule has 0 bridgehead atoms. The molecule has 1 aliphatic rings. The maximum atomic E-state index is 12.0. The van der Waals surface area contributed by atoms with Crippen molar-refractivity contribution in [3.05, 3.63) is 12.2 Å². The van der Waals surface area contributed by atoms with Gasteiger partial charge in [-0.2, -0.15) is 0 Å². The minimum absolute atomic E-state index is 0.195. The summed E-state index contributed by atoms with van der Waals surface area (Å²) in [6.07, 6.45) is 27.9. The molecule has 0 aromatic carbocycles. The summed E-state index contributed by atoms with van der Waals surface area (Å²) >= 11 is 0. The highest BCUT2D eigenvalue weighted by atomic mass is 16.7. The number of ether oxygens (including phenoxy) is 2. The van der Waals surface area contributed by atoms with Crippen LogP contribution in [0.3, 0.4) is 0 Å². The zero-order valence-corrected chi connectivity index (χ0v) is 30.7. The van der Waals surface area contributed by atoms with Gasteiger partial charge in [-0.25, -0.2) is 0 Å². The molecule has 6 N–H and O–H groups in total. The fraction of sp³-hybridized carbons (Fsp3) is 0.923. The molecule has 1 saturated heterocycles. The quantitative estimate of drug-likeness (QED) is 0.0328. The number of amides is 1. The summed E-state index contributed by atoms with van der Waals surface area (Å²) in [5.74, 6) is -0.264. The minimum Gasteiger partial charge on any atom is -0.394 e. The molecule has 7 unspecified atom stereocenters. The predicted octanol–water partition coefficient (Wildman–Crippen LogP) is 7.00. The van der Waals surface area contributed by atoms with Gasteiger partial charge in [0.1, 0.15) is 24.4 Å². The second kappa shape index (κ2) is 30.7. The molecule has 9 heteroatoms. The first-order valence-corrected chi connectivity index (χ1v) is 19.9. The van der Waals surface area contributed by atoms with Crippen molar-refractivity contribution in [3.8, 4) is 0 Å². The Morgan fingerprint density at radius 2 is 1.12 bits per heavy atom. The Bertz CT molecular complexity index is 766. The Morgan fingerprint density at radius 1 is 0.688 bits per heavy atom. The second-order valence-electron chi connectivity index (χ2n) is 14.0. The van der Waals surface area contributed by atoms with E-state index in [2.05, 4.69) is 12.2 Å². The highest BCUT2D eigenvalue weighted by Gasteiger charge is 2.44. The van der Waals surface area contributed by atoms with E-state index in [-0.39, 0.29) is 18.9 Å². The molecule has 0 aliphatic carbocycles. The lowest BCUT2D eigenvalue weighted by atomic mass is 9.99. The minimum atomic E-state index is -1.56. The second-order valence-corrected chi connectivity index (χ2v) is 14.0. The number of carbonyl (C=O) groups excluding carboxylic acids is 1. The van der Waals surface area contributed by atoms with Crippen LogP contribution < -0.4 is 5.32 Å². The highest BCUT2D eigenvalue weighted by Crippen LogP contribution is 2.22. The van der Waals surface area contributed by atoms with E-state index in [1.807, 2.05) is 6.08 Å². The average Bonchev–Trinajstić information content (AvgIpc) is 3.09. The predicted molar refractivity (Wildman–Crippen MR) is 194 cm³/mol. The van der Waals surface area contributed by atoms with Crippen molar-refractivity contribution in [1.29, 1.82) is 0 Å². The third-order valence-electron chi connectivity index (χ3n) is 9.68. The maximum Gasteiger partial charge on any atom is 0.220 e. The lowest BCUT2D eigenvalue weighted by Gasteiger charge is -2.40. The zero-order valence-electron chi connectivity index (χ0n) is 30.7. The summed E-state index contributed by atoms with van der Waals surface area (Å²) in [5, 5.41) is 52.9. The van der Waals surface area contributed by atoms with E-state index in [9.17, 15) is 30.3 Å². The molecule has 1 amide bonds. The number of hydrogen-bond donors (Lipinski definition) is 6. The molecule has 0 saturated carbocycles. The van der Waals surface area contributed by atoms with Crippen LogP contribution in [0.4, 0.5) is 0 Å². The van der Waals surface area contributed by atoms with Crippen LogP contribution in [-0.4, -0.2) is 87.5 Å². The highest BCUT2D eigenvalue weighted by molar-refractivity contribution is 5.75. The Labute approximate surface area is 293 Å². The van der Waals surface area contributed by atoms with Crippen LogP contribution in [0.2, 0.25) is 0 Å². The Hall–Kier alpha value is -1.07. The van der Waals surface area contributed by atoms with E-state index < -0.39 is 49.5 Å². The summed E-state index contributed by atoms with van der Waals surface area (Å²) in [7, 11) is 0. The van der Waals surface area contributed by atoms with Crippen molar-refractivity contribution < 1.29 is 39.8 Å². The van der Waals surface area contributed by atoms with Crippen LogP contribution in [0.15, 0.2) is 12.2 Å². The standard InChI is InChI=1S/C39H75NO8/c1-3-5-6-7-8-9-10-11-12-13-14-15-16-17-18-19-20-21-22-23-24-25-26-27-28-29-33(42)32(40-35(43)4-2)31-47-39-38(46)37(45)36(44)34(30-41)48-39/h28-29,32-34,36-39,41-42,44-46H,3-27,30-31H2,1-2H3,(H,40,43)/b29-28+. The fourth-order valence-electron chi connectivity index (χ4n) is 6.36. The molecule has 9 nitrogen and oxygen atoms in total. The van der Waals surface area contributed by atoms with E-state index in [0.717, 1.165) is 19.3 Å². The van der Waals surface area contributed by atoms with Gasteiger partial charge in [0, 0.05) is 6.42 Å². The smallest absolute Gasteiger partial charge is 0.220 e. The molecule has 1 aliphatic heterocycles. The summed E-state index contributed by atoms with van der Waals surface area (Å²) in [5.41, 5.74) is 0. The average molecular weight is 686 g/mol. The molecule has 284 valence electrons. The molecule has 0 aromatic rings. The molecule has 1 fully saturated rings. The van der Waals surface area contributed by atoms with Crippen molar-refractivity contribution in [1.82, 2.24) is 5.32 Å². The number of allylic oxidation sites excluding steroid dienone is 1. The van der Waals surface area contributed by atoms with Gasteiger partial charge in [0.05, 0.1) is 25.4 Å². The molecule has 7 atom stereocenters. The van der Waals surface area contributed by atoms with Gasteiger partial charge >= 0.3 is 0 Å². The first-order valence-electron chi connectivity index (χ1n) is 19.9. The molecule has 0 spiro atoms. The summed E-state index contributed by atoms with van der Waals surface area (Å²) in [6.45, 7) is 3.23. The van der Waals surface area contributed by atoms with Gasteiger partial charge in [0.25, 0.3) is 0 Å². The first kappa shape index (κ1) is 45.0. The van der Waals surface area contributed by atoms with Gasteiger partial charge in [-0.1, -0.05) is 167 Å². The number of rotatable bonds is 32. The van der Waals surface area contributed by atoms with Gasteiger partial charge in [-0.05, 0) is 12.8 Å². The first-order chi connectivity index (χ1) is 23.3. The van der Waals surface area contributed by atoms with Crippen LogP contribution in [0.5, 0.6) is 0 Å². The molecular weight excluding hydrogens is 610 g/mol. The van der Waals surface area contributed by atoms with Crippen LogP contribution >= 0.6 is 0 Å². The van der Waals surface area contributed by atoms with E-state index in [4.69, 9.17) is 9.47 Å². The van der Waals surface area contributed by atoms with Gasteiger partial charge in [-0.15, -0.1) is 0 Å². The van der Waals surface area contributed by atoms with Gasteiger partial charge < -0.3 is 40.3 Å². The van der Waals surface area contributed by atoms with Crippen molar-refractivity contribution in [2.24, 2.45) is 0 Å². The topological polar surface area (TPSA) is 149 Å². The van der Waals surface area contributed by atoms with Crippen LogP contribution in [0, 0.1) is 0 Å². The molecular formula is C39H75NO8. The van der Waals surface area contributed by atoms with Gasteiger partial charge in [-0.3, -0.25) is 4.79 Å². The Morgan fingerprint density at radius 3 is 1.54 bits per heavy atom. The van der Waals surface area contributed by atoms with Crippen LogP contribution in [-0.2, 0) is 14.3 Å². The SMILES string of the molecule is CCCCCCCCCCCCCCCCCCCCCCCCC/C=C/C(O)C(COC1OC(CO)C(O)C(O)C1O)NC(=O)CC. The lowest BCUT2D eigenvalue weighted by molar-refractivity contribution is -0.302. The van der Waals surface area contributed by atoms with Crippen molar-refractivity contribution in [2.75, 3.05) is 13.2 Å². The number of hydrogen-bond acceptors (Lipinski definition) is 8. The number of nitrogens with one attached hydrogen (secondary N) is 1. The number of unbranched alkanes of at least 4 members (excludes halogenated alkanes) is 23. The Balaban J connectivity index is 2.03. The van der Waals surface area contributed by atoms with Gasteiger partial charge in [0.15, 0.2) is 6.29 Å². The third kappa shape index (κ3) is 21.9. The zero-order chi connectivity index (χ0) is 35.2. The Kier molecular flexibility index (Phi) is 28.8. The number of aliphatic hydroxyl groups excluding tert-OH is 5. The summed E-state index contributed by atoms with van der Waals surface area (Å²) in [6, 6.07) is -0.796. The maximum absolute atomic E-state index is 12.0. The van der Waals surface area contributed by atoms with Crippen molar-refractivity contribution >= 4 is 5.91 Å². The molecule has 1 rings (SSSR count). The number of aliphatic hydroxyl groups is 5.